The fourth-order valence-electron chi connectivity index (χ4n) is 3.23. The van der Waals surface area contributed by atoms with Gasteiger partial charge < -0.3 is 19.7 Å². The van der Waals surface area contributed by atoms with E-state index in [2.05, 4.69) is 37.9 Å². The molecule has 0 aromatic heterocycles. The van der Waals surface area contributed by atoms with Crippen LogP contribution in [0.3, 0.4) is 0 Å². The van der Waals surface area contributed by atoms with E-state index in [1.807, 2.05) is 38.1 Å². The van der Waals surface area contributed by atoms with Crippen molar-refractivity contribution < 1.29 is 14.3 Å². The van der Waals surface area contributed by atoms with Gasteiger partial charge in [-0.25, -0.2) is 0 Å². The molecular weight excluding hydrogens is 340 g/mol. The van der Waals surface area contributed by atoms with Gasteiger partial charge in [0, 0.05) is 18.8 Å². The first-order valence-corrected chi connectivity index (χ1v) is 10.2. The number of benzene rings is 1. The summed E-state index contributed by atoms with van der Waals surface area (Å²) in [6, 6.07) is 7.54. The molecule has 1 amide bonds. The minimum absolute atomic E-state index is 0.106. The van der Waals surface area contributed by atoms with Crippen molar-refractivity contribution in [2.75, 3.05) is 38.2 Å². The van der Waals surface area contributed by atoms with E-state index in [-0.39, 0.29) is 5.91 Å². The van der Waals surface area contributed by atoms with E-state index >= 15 is 0 Å². The zero-order valence-corrected chi connectivity index (χ0v) is 18.0. The molecule has 0 heterocycles. The number of ether oxygens (including phenoxy) is 2. The Hall–Kier alpha value is -1.59. The van der Waals surface area contributed by atoms with Gasteiger partial charge in [-0.3, -0.25) is 4.79 Å². The predicted molar refractivity (Wildman–Crippen MR) is 112 cm³/mol. The molecule has 0 spiro atoms. The second-order valence-electron chi connectivity index (χ2n) is 7.47. The predicted octanol–water partition coefficient (Wildman–Crippen LogP) is 4.58. The van der Waals surface area contributed by atoms with Gasteiger partial charge in [0.25, 0.3) is 5.91 Å². The average molecular weight is 379 g/mol. The summed E-state index contributed by atoms with van der Waals surface area (Å²) in [5, 5.41) is 2.97. The van der Waals surface area contributed by atoms with Crippen molar-refractivity contribution in [3.05, 3.63) is 24.3 Å². The molecule has 1 N–H and O–H groups in total. The van der Waals surface area contributed by atoms with Gasteiger partial charge in [0.15, 0.2) is 0 Å². The van der Waals surface area contributed by atoms with E-state index in [1.54, 1.807) is 0 Å². The first-order chi connectivity index (χ1) is 12.8. The highest BCUT2D eigenvalue weighted by Gasteiger charge is 2.34. The number of anilines is 1. The maximum Gasteiger partial charge on any atom is 0.256 e. The Labute approximate surface area is 165 Å². The van der Waals surface area contributed by atoms with E-state index in [0.29, 0.717) is 25.6 Å². The van der Waals surface area contributed by atoms with Crippen molar-refractivity contribution in [1.82, 2.24) is 4.90 Å². The quantitative estimate of drug-likeness (QED) is 0.511. The molecule has 0 bridgehead atoms. The van der Waals surface area contributed by atoms with E-state index in [4.69, 9.17) is 9.47 Å². The van der Waals surface area contributed by atoms with Gasteiger partial charge in [-0.2, -0.15) is 0 Å². The Morgan fingerprint density at radius 2 is 1.78 bits per heavy atom. The molecule has 1 aromatic carbocycles. The maximum absolute atomic E-state index is 12.7. The average Bonchev–Trinajstić information content (AvgIpc) is 2.62. The van der Waals surface area contributed by atoms with Crippen LogP contribution in [0, 0.1) is 5.92 Å². The monoisotopic (exact) mass is 378 g/mol. The first-order valence-electron chi connectivity index (χ1n) is 10.2. The number of amides is 1. The summed E-state index contributed by atoms with van der Waals surface area (Å²) in [5.41, 5.74) is -0.0622. The largest absolute Gasteiger partial charge is 0.494 e. The number of rotatable bonds is 13. The minimum Gasteiger partial charge on any atom is -0.494 e. The molecule has 0 radical (unpaired) electrons. The Bertz CT molecular complexity index is 541. The van der Waals surface area contributed by atoms with Crippen LogP contribution in [0.2, 0.25) is 0 Å². The van der Waals surface area contributed by atoms with Crippen LogP contribution in [0.25, 0.3) is 0 Å². The molecule has 5 heteroatoms. The molecule has 1 rings (SSSR count). The van der Waals surface area contributed by atoms with Crippen molar-refractivity contribution in [1.29, 1.82) is 0 Å². The lowest BCUT2D eigenvalue weighted by Crippen LogP contribution is -2.43. The zero-order chi connectivity index (χ0) is 20.3. The standard InChI is InChI=1S/C22H38N2O3/c1-7-24(8-2)15-10-16-26-20-13-11-19(12-14-20)23-21(25)22(6,27-9-3)17-18(4)5/h11-14,18H,7-10,15-17H2,1-6H3,(H,23,25). The van der Waals surface area contributed by atoms with Crippen LogP contribution in [-0.2, 0) is 9.53 Å². The summed E-state index contributed by atoms with van der Waals surface area (Å²) in [4.78, 5) is 15.1. The molecule has 0 saturated heterocycles. The molecule has 0 aliphatic rings. The molecule has 154 valence electrons. The van der Waals surface area contributed by atoms with Gasteiger partial charge in [-0.15, -0.1) is 0 Å². The molecule has 1 atom stereocenters. The zero-order valence-electron chi connectivity index (χ0n) is 18.0. The minimum atomic E-state index is -0.817. The molecular formula is C22H38N2O3. The molecule has 5 nitrogen and oxygen atoms in total. The highest BCUT2D eigenvalue weighted by molar-refractivity contribution is 5.97. The Kier molecular flexibility index (Phi) is 10.4. The van der Waals surface area contributed by atoms with Gasteiger partial charge in [-0.05, 0) is 70.0 Å². The van der Waals surface area contributed by atoms with Crippen LogP contribution < -0.4 is 10.1 Å². The van der Waals surface area contributed by atoms with E-state index in [0.717, 1.165) is 37.5 Å². The molecule has 27 heavy (non-hydrogen) atoms. The summed E-state index contributed by atoms with van der Waals surface area (Å²) in [6.07, 6.45) is 1.68. The lowest BCUT2D eigenvalue weighted by atomic mass is 9.93. The van der Waals surface area contributed by atoms with Crippen LogP contribution in [0.4, 0.5) is 5.69 Å². The molecule has 0 aliphatic heterocycles. The smallest absolute Gasteiger partial charge is 0.256 e. The maximum atomic E-state index is 12.7. The van der Waals surface area contributed by atoms with Gasteiger partial charge in [-0.1, -0.05) is 27.7 Å². The fraction of sp³-hybridized carbons (Fsp3) is 0.682. The van der Waals surface area contributed by atoms with Crippen molar-refractivity contribution in [2.45, 2.75) is 60.0 Å². The highest BCUT2D eigenvalue weighted by atomic mass is 16.5. The van der Waals surface area contributed by atoms with E-state index in [9.17, 15) is 4.79 Å². The summed E-state index contributed by atoms with van der Waals surface area (Å²) in [7, 11) is 0. The van der Waals surface area contributed by atoms with E-state index in [1.165, 1.54) is 0 Å². The molecule has 1 unspecified atom stereocenters. The topological polar surface area (TPSA) is 50.8 Å². The van der Waals surface area contributed by atoms with Crippen LogP contribution in [0.15, 0.2) is 24.3 Å². The number of hydrogen-bond acceptors (Lipinski definition) is 4. The summed E-state index contributed by atoms with van der Waals surface area (Å²) >= 11 is 0. The summed E-state index contributed by atoms with van der Waals surface area (Å²) in [5.74, 6) is 1.09. The number of nitrogens with one attached hydrogen (secondary N) is 1. The Balaban J connectivity index is 2.54. The fourth-order valence-corrected chi connectivity index (χ4v) is 3.23. The van der Waals surface area contributed by atoms with Crippen molar-refractivity contribution in [3.63, 3.8) is 0 Å². The molecule has 1 aromatic rings. The third-order valence-corrected chi connectivity index (χ3v) is 4.64. The number of carbonyl (C=O) groups is 1. The normalized spacial score (nSPS) is 13.6. The van der Waals surface area contributed by atoms with Crippen LogP contribution in [0.1, 0.15) is 54.4 Å². The van der Waals surface area contributed by atoms with Crippen LogP contribution >= 0.6 is 0 Å². The summed E-state index contributed by atoms with van der Waals surface area (Å²) < 4.78 is 11.6. The number of nitrogens with zero attached hydrogens (tertiary/aromatic N) is 1. The van der Waals surface area contributed by atoms with Gasteiger partial charge in [0.2, 0.25) is 0 Å². The molecule has 0 aliphatic carbocycles. The Morgan fingerprint density at radius 3 is 2.30 bits per heavy atom. The second kappa shape index (κ2) is 12.0. The SMILES string of the molecule is CCOC(C)(CC(C)C)C(=O)Nc1ccc(OCCCN(CC)CC)cc1. The lowest BCUT2D eigenvalue weighted by molar-refractivity contribution is -0.140. The highest BCUT2D eigenvalue weighted by Crippen LogP contribution is 2.24. The van der Waals surface area contributed by atoms with Crippen LogP contribution in [-0.4, -0.2) is 49.3 Å². The van der Waals surface area contributed by atoms with E-state index < -0.39 is 5.60 Å². The van der Waals surface area contributed by atoms with Crippen molar-refractivity contribution in [3.8, 4) is 5.75 Å². The van der Waals surface area contributed by atoms with Gasteiger partial charge in [0.1, 0.15) is 11.4 Å². The molecule has 0 fully saturated rings. The second-order valence-corrected chi connectivity index (χ2v) is 7.47. The van der Waals surface area contributed by atoms with Crippen molar-refractivity contribution >= 4 is 11.6 Å². The lowest BCUT2D eigenvalue weighted by Gasteiger charge is -2.29. The summed E-state index contributed by atoms with van der Waals surface area (Å²) in [6.45, 7) is 16.7. The molecule has 0 saturated carbocycles. The Morgan fingerprint density at radius 1 is 1.15 bits per heavy atom. The van der Waals surface area contributed by atoms with Crippen LogP contribution in [0.5, 0.6) is 5.75 Å². The first kappa shape index (κ1) is 23.4. The number of hydrogen-bond donors (Lipinski definition) is 1. The van der Waals surface area contributed by atoms with Gasteiger partial charge >= 0.3 is 0 Å². The van der Waals surface area contributed by atoms with Gasteiger partial charge in [0.05, 0.1) is 6.61 Å². The van der Waals surface area contributed by atoms with Crippen molar-refractivity contribution in [2.24, 2.45) is 5.92 Å². The number of carbonyl (C=O) groups excluding carboxylic acids is 1. The third kappa shape index (κ3) is 8.31. The third-order valence-electron chi connectivity index (χ3n) is 4.64.